The van der Waals surface area contributed by atoms with Gasteiger partial charge in [-0.3, -0.25) is 14.5 Å². The van der Waals surface area contributed by atoms with E-state index in [0.717, 1.165) is 5.56 Å². The second-order valence-electron chi connectivity index (χ2n) is 9.95. The molecule has 3 atom stereocenters. The average molecular weight is 500 g/mol. The van der Waals surface area contributed by atoms with E-state index in [9.17, 15) is 27.6 Å². The molecule has 0 radical (unpaired) electrons. The van der Waals surface area contributed by atoms with Crippen molar-refractivity contribution in [2.45, 2.75) is 57.5 Å². The standard InChI is InChI=1S/C24H32F3N3O5/c1-23(2,3)35-22(33)30-10-9-29(19(14-30)20(31)28-15-24(25,26)27)13-18-12-17(21(32)34-18)11-16-7-5-4-6-8-16/h4-8,17-19H,9-15H2,1-3H3,(H,28,31)/t17-,18+,19+/m1/s1. The van der Waals surface area contributed by atoms with Crippen molar-refractivity contribution in [2.24, 2.45) is 5.92 Å². The first-order chi connectivity index (χ1) is 16.3. The molecule has 0 aromatic heterocycles. The number of esters is 1. The number of piperazine rings is 1. The minimum Gasteiger partial charge on any atom is -0.461 e. The number of alkyl halides is 3. The van der Waals surface area contributed by atoms with Crippen molar-refractivity contribution in [1.82, 2.24) is 15.1 Å². The monoisotopic (exact) mass is 499 g/mol. The van der Waals surface area contributed by atoms with E-state index in [1.807, 2.05) is 35.6 Å². The Labute approximate surface area is 202 Å². The molecule has 2 saturated heterocycles. The van der Waals surface area contributed by atoms with Crippen LogP contribution in [0.25, 0.3) is 0 Å². The van der Waals surface area contributed by atoms with Crippen molar-refractivity contribution in [3.05, 3.63) is 35.9 Å². The largest absolute Gasteiger partial charge is 0.461 e. The number of hydrogen-bond acceptors (Lipinski definition) is 6. The number of hydrogen-bond donors (Lipinski definition) is 1. The molecule has 2 amide bonds. The summed E-state index contributed by atoms with van der Waals surface area (Å²) in [7, 11) is 0. The van der Waals surface area contributed by atoms with Gasteiger partial charge in [-0.05, 0) is 39.2 Å². The van der Waals surface area contributed by atoms with E-state index < -0.39 is 42.5 Å². The van der Waals surface area contributed by atoms with Gasteiger partial charge in [-0.2, -0.15) is 13.2 Å². The van der Waals surface area contributed by atoms with E-state index in [0.29, 0.717) is 12.8 Å². The Morgan fingerprint density at radius 1 is 1.14 bits per heavy atom. The molecule has 2 heterocycles. The van der Waals surface area contributed by atoms with Gasteiger partial charge in [0.25, 0.3) is 0 Å². The maximum absolute atomic E-state index is 12.7. The summed E-state index contributed by atoms with van der Waals surface area (Å²) < 4.78 is 49.0. The molecule has 0 aliphatic carbocycles. The van der Waals surface area contributed by atoms with Gasteiger partial charge in [0.15, 0.2) is 0 Å². The number of halogens is 3. The van der Waals surface area contributed by atoms with Crippen LogP contribution >= 0.6 is 0 Å². The zero-order chi connectivity index (χ0) is 25.8. The third-order valence-electron chi connectivity index (χ3n) is 5.84. The third kappa shape index (κ3) is 8.12. The molecule has 3 rings (SSSR count). The Hall–Kier alpha value is -2.82. The van der Waals surface area contributed by atoms with E-state index >= 15 is 0 Å². The molecular weight excluding hydrogens is 467 g/mol. The quantitative estimate of drug-likeness (QED) is 0.606. The van der Waals surface area contributed by atoms with Crippen molar-refractivity contribution >= 4 is 18.0 Å². The molecule has 0 bridgehead atoms. The predicted octanol–water partition coefficient (Wildman–Crippen LogP) is 2.76. The normalized spacial score (nSPS) is 23.7. The number of carbonyl (C=O) groups excluding carboxylic acids is 3. The fraction of sp³-hybridized carbons (Fsp3) is 0.625. The number of carbonyl (C=O) groups is 3. The number of ether oxygens (including phenoxy) is 2. The molecule has 8 nitrogen and oxygen atoms in total. The van der Waals surface area contributed by atoms with Gasteiger partial charge in [-0.15, -0.1) is 0 Å². The number of rotatable bonds is 6. The molecule has 35 heavy (non-hydrogen) atoms. The van der Waals surface area contributed by atoms with Crippen molar-refractivity contribution < 1.29 is 37.0 Å². The molecule has 0 spiro atoms. The first kappa shape index (κ1) is 26.8. The topological polar surface area (TPSA) is 88.2 Å². The average Bonchev–Trinajstić information content (AvgIpc) is 3.09. The zero-order valence-corrected chi connectivity index (χ0v) is 20.1. The molecule has 11 heteroatoms. The highest BCUT2D eigenvalue weighted by molar-refractivity contribution is 5.83. The van der Waals surface area contributed by atoms with Crippen molar-refractivity contribution in [1.29, 1.82) is 0 Å². The van der Waals surface area contributed by atoms with Gasteiger partial charge in [0, 0.05) is 26.2 Å². The van der Waals surface area contributed by atoms with Crippen LogP contribution in [0.1, 0.15) is 32.8 Å². The van der Waals surface area contributed by atoms with Crippen LogP contribution in [-0.2, 0) is 25.5 Å². The second kappa shape index (κ2) is 10.8. The summed E-state index contributed by atoms with van der Waals surface area (Å²) in [6.07, 6.45) is -4.73. The number of benzene rings is 1. The fourth-order valence-electron chi connectivity index (χ4n) is 4.25. The molecular formula is C24H32F3N3O5. The maximum atomic E-state index is 12.7. The van der Waals surface area contributed by atoms with Crippen LogP contribution in [0.5, 0.6) is 0 Å². The van der Waals surface area contributed by atoms with Gasteiger partial charge in [0.05, 0.1) is 5.92 Å². The Kier molecular flexibility index (Phi) is 8.30. The summed E-state index contributed by atoms with van der Waals surface area (Å²) >= 11 is 0. The number of nitrogens with one attached hydrogen (secondary N) is 1. The van der Waals surface area contributed by atoms with Crippen LogP contribution in [0.2, 0.25) is 0 Å². The Morgan fingerprint density at radius 2 is 1.83 bits per heavy atom. The Bertz CT molecular complexity index is 904. The summed E-state index contributed by atoms with van der Waals surface area (Å²) in [5.74, 6) is -1.51. The molecule has 1 aromatic carbocycles. The van der Waals surface area contributed by atoms with E-state index in [1.54, 1.807) is 25.7 Å². The minimum atomic E-state index is -4.56. The van der Waals surface area contributed by atoms with Crippen LogP contribution in [0, 0.1) is 5.92 Å². The molecule has 194 valence electrons. The van der Waals surface area contributed by atoms with Crippen molar-refractivity contribution in [3.63, 3.8) is 0 Å². The molecule has 2 aliphatic heterocycles. The van der Waals surface area contributed by atoms with Crippen LogP contribution in [0.15, 0.2) is 30.3 Å². The highest BCUT2D eigenvalue weighted by Crippen LogP contribution is 2.27. The predicted molar refractivity (Wildman–Crippen MR) is 120 cm³/mol. The summed E-state index contributed by atoms with van der Waals surface area (Å²) in [6.45, 7) is 4.14. The highest BCUT2D eigenvalue weighted by atomic mass is 19.4. The van der Waals surface area contributed by atoms with Gasteiger partial charge >= 0.3 is 18.2 Å². The lowest BCUT2D eigenvalue weighted by molar-refractivity contribution is -0.147. The molecule has 0 unspecified atom stereocenters. The van der Waals surface area contributed by atoms with Crippen LogP contribution in [0.4, 0.5) is 18.0 Å². The Balaban J connectivity index is 1.66. The van der Waals surface area contributed by atoms with Crippen molar-refractivity contribution in [2.75, 3.05) is 32.7 Å². The van der Waals surface area contributed by atoms with Gasteiger partial charge < -0.3 is 19.7 Å². The van der Waals surface area contributed by atoms with Gasteiger partial charge in [-0.25, -0.2) is 4.79 Å². The SMILES string of the molecule is CC(C)(C)OC(=O)N1CCN(C[C@@H]2C[C@@H](Cc3ccccc3)C(=O)O2)[C@H](C(=O)NCC(F)(F)F)C1. The van der Waals surface area contributed by atoms with Crippen LogP contribution < -0.4 is 5.32 Å². The molecule has 1 aromatic rings. The highest BCUT2D eigenvalue weighted by Gasteiger charge is 2.41. The van der Waals surface area contributed by atoms with Crippen LogP contribution in [-0.4, -0.2) is 84.4 Å². The molecule has 1 N–H and O–H groups in total. The lowest BCUT2D eigenvalue weighted by Crippen LogP contribution is -2.62. The first-order valence-electron chi connectivity index (χ1n) is 11.6. The maximum Gasteiger partial charge on any atom is 0.410 e. The van der Waals surface area contributed by atoms with E-state index in [1.165, 1.54) is 4.90 Å². The molecule has 2 fully saturated rings. The zero-order valence-electron chi connectivity index (χ0n) is 20.1. The van der Waals surface area contributed by atoms with E-state index in [4.69, 9.17) is 9.47 Å². The number of amides is 2. The molecule has 2 aliphatic rings. The smallest absolute Gasteiger partial charge is 0.410 e. The lowest BCUT2D eigenvalue weighted by Gasteiger charge is -2.41. The van der Waals surface area contributed by atoms with Crippen molar-refractivity contribution in [3.8, 4) is 0 Å². The summed E-state index contributed by atoms with van der Waals surface area (Å²) in [5, 5.41) is 1.91. The van der Waals surface area contributed by atoms with E-state index in [2.05, 4.69) is 0 Å². The first-order valence-corrected chi connectivity index (χ1v) is 11.6. The summed E-state index contributed by atoms with van der Waals surface area (Å²) in [5.41, 5.74) is 0.249. The van der Waals surface area contributed by atoms with Gasteiger partial charge in [-0.1, -0.05) is 30.3 Å². The molecule has 0 saturated carbocycles. The number of cyclic esters (lactones) is 1. The lowest BCUT2D eigenvalue weighted by atomic mass is 9.96. The summed E-state index contributed by atoms with van der Waals surface area (Å²) in [4.78, 5) is 40.6. The van der Waals surface area contributed by atoms with Gasteiger partial charge in [0.2, 0.25) is 5.91 Å². The van der Waals surface area contributed by atoms with E-state index in [-0.39, 0.29) is 38.1 Å². The fourth-order valence-corrected chi connectivity index (χ4v) is 4.25. The second-order valence-corrected chi connectivity index (χ2v) is 9.95. The van der Waals surface area contributed by atoms with Crippen LogP contribution in [0.3, 0.4) is 0 Å². The summed E-state index contributed by atoms with van der Waals surface area (Å²) in [6, 6.07) is 8.49. The minimum absolute atomic E-state index is 0.132. The van der Waals surface area contributed by atoms with Gasteiger partial charge in [0.1, 0.15) is 24.3 Å². The number of nitrogens with zero attached hydrogens (tertiary/aromatic N) is 2. The third-order valence-corrected chi connectivity index (χ3v) is 5.84. The Morgan fingerprint density at radius 3 is 2.46 bits per heavy atom.